The highest BCUT2D eigenvalue weighted by molar-refractivity contribution is 5.66. The average molecular weight is 403 g/mol. The Balaban J connectivity index is 1.41. The van der Waals surface area contributed by atoms with Crippen molar-refractivity contribution in [2.45, 2.75) is 64.5 Å². The van der Waals surface area contributed by atoms with E-state index in [2.05, 4.69) is 20.2 Å². The van der Waals surface area contributed by atoms with E-state index in [1.807, 2.05) is 26.8 Å². The Morgan fingerprint density at radius 2 is 2.10 bits per heavy atom. The van der Waals surface area contributed by atoms with Gasteiger partial charge in [0.1, 0.15) is 11.6 Å². The van der Waals surface area contributed by atoms with Crippen LogP contribution in [0.1, 0.15) is 52.9 Å². The summed E-state index contributed by atoms with van der Waals surface area (Å²) in [6, 6.07) is 2.50. The summed E-state index contributed by atoms with van der Waals surface area (Å²) in [4.78, 5) is 24.3. The van der Waals surface area contributed by atoms with Crippen molar-refractivity contribution in [1.29, 1.82) is 0 Å². The monoisotopic (exact) mass is 402 g/mol. The van der Waals surface area contributed by atoms with Gasteiger partial charge in [0.25, 0.3) is 0 Å². The van der Waals surface area contributed by atoms with Crippen LogP contribution < -0.4 is 16.0 Å². The molecule has 4 atom stereocenters. The van der Waals surface area contributed by atoms with Crippen molar-refractivity contribution in [2.24, 2.45) is 17.8 Å². The number of hydrogen-bond donors (Lipinski definition) is 3. The summed E-state index contributed by atoms with van der Waals surface area (Å²) in [5.41, 5.74) is 5.61. The van der Waals surface area contributed by atoms with Crippen LogP contribution in [-0.2, 0) is 0 Å². The van der Waals surface area contributed by atoms with E-state index in [1.54, 1.807) is 0 Å². The van der Waals surface area contributed by atoms with Crippen LogP contribution in [-0.4, -0.2) is 57.3 Å². The molecule has 2 bridgehead atoms. The van der Waals surface area contributed by atoms with Crippen LogP contribution in [0.5, 0.6) is 0 Å². The number of fused-ring (bicyclic) bond motifs is 2. The number of rotatable bonds is 5. The van der Waals surface area contributed by atoms with Gasteiger partial charge in [-0.25, -0.2) is 4.79 Å². The molecule has 4 rings (SSSR count). The fourth-order valence-corrected chi connectivity index (χ4v) is 5.39. The van der Waals surface area contributed by atoms with E-state index in [-0.39, 0.29) is 5.92 Å². The van der Waals surface area contributed by atoms with E-state index in [0.717, 1.165) is 43.0 Å². The highest BCUT2D eigenvalue weighted by Crippen LogP contribution is 2.45. The van der Waals surface area contributed by atoms with Crippen molar-refractivity contribution in [3.63, 3.8) is 0 Å². The van der Waals surface area contributed by atoms with Gasteiger partial charge in [-0.15, -0.1) is 0 Å². The predicted molar refractivity (Wildman–Crippen MR) is 114 cm³/mol. The minimum Gasteiger partial charge on any atom is -0.465 e. The van der Waals surface area contributed by atoms with Crippen molar-refractivity contribution in [3.8, 4) is 0 Å². The summed E-state index contributed by atoms with van der Waals surface area (Å²) in [7, 11) is 0. The number of nitrogens with two attached hydrogens (primary N) is 1. The molecule has 160 valence electrons. The summed E-state index contributed by atoms with van der Waals surface area (Å²) < 4.78 is 0. The summed E-state index contributed by atoms with van der Waals surface area (Å²) >= 11 is 0. The molecule has 2 saturated carbocycles. The SMILES string of the molecule is CC(C)(C)N(CC1CCN(c2cc(N[C@H]3C[C@H]4CC[C@@H]3C4)nc(N)n2)C1)C(=O)O. The zero-order valence-corrected chi connectivity index (χ0v) is 17.8. The molecule has 3 fully saturated rings. The first-order chi connectivity index (χ1) is 13.7. The summed E-state index contributed by atoms with van der Waals surface area (Å²) in [5, 5.41) is 13.2. The Morgan fingerprint density at radius 1 is 1.31 bits per heavy atom. The molecule has 1 aromatic rings. The standard InChI is InChI=1S/C21H34N6O2/c1-21(2,3)27(20(28)29)12-14-6-7-26(11-14)18-10-17(24-19(22)25-18)23-16-9-13-4-5-15(16)8-13/h10,13-16H,4-9,11-12H2,1-3H3,(H,28,29)(H3,22,23,24,25)/t13-,14?,15+,16-/m0/s1. The third-order valence-corrected chi connectivity index (χ3v) is 6.89. The largest absolute Gasteiger partial charge is 0.465 e. The van der Waals surface area contributed by atoms with Gasteiger partial charge >= 0.3 is 6.09 Å². The fraction of sp³-hybridized carbons (Fsp3) is 0.762. The topological polar surface area (TPSA) is 108 Å². The first-order valence-corrected chi connectivity index (χ1v) is 10.9. The molecule has 1 amide bonds. The lowest BCUT2D eigenvalue weighted by atomic mass is 9.95. The lowest BCUT2D eigenvalue weighted by Crippen LogP contribution is -2.47. The minimum atomic E-state index is -0.862. The van der Waals surface area contributed by atoms with Crippen LogP contribution >= 0.6 is 0 Å². The van der Waals surface area contributed by atoms with Gasteiger partial charge in [0.05, 0.1) is 0 Å². The van der Waals surface area contributed by atoms with Crippen molar-refractivity contribution < 1.29 is 9.90 Å². The van der Waals surface area contributed by atoms with Crippen molar-refractivity contribution in [2.75, 3.05) is 35.6 Å². The van der Waals surface area contributed by atoms with Crippen LogP contribution in [0.3, 0.4) is 0 Å². The zero-order chi connectivity index (χ0) is 20.8. The molecular formula is C21H34N6O2. The van der Waals surface area contributed by atoms with Crippen LogP contribution in [0.4, 0.5) is 22.4 Å². The number of anilines is 3. The predicted octanol–water partition coefficient (Wildman–Crippen LogP) is 3.26. The first kappa shape index (κ1) is 20.0. The van der Waals surface area contributed by atoms with E-state index >= 15 is 0 Å². The van der Waals surface area contributed by atoms with Crippen molar-refractivity contribution >= 4 is 23.7 Å². The van der Waals surface area contributed by atoms with E-state index in [4.69, 9.17) is 5.73 Å². The molecule has 3 aliphatic rings. The van der Waals surface area contributed by atoms with Gasteiger partial charge in [0, 0.05) is 37.3 Å². The normalized spacial score (nSPS) is 28.7. The maximum atomic E-state index is 11.7. The smallest absolute Gasteiger partial charge is 0.407 e. The molecule has 29 heavy (non-hydrogen) atoms. The van der Waals surface area contributed by atoms with Gasteiger partial charge in [0.2, 0.25) is 5.95 Å². The lowest BCUT2D eigenvalue weighted by molar-refractivity contribution is 0.0908. The molecule has 1 aromatic heterocycles. The molecule has 0 aromatic carbocycles. The van der Waals surface area contributed by atoms with E-state index in [9.17, 15) is 9.90 Å². The third kappa shape index (κ3) is 4.36. The molecule has 2 aliphatic carbocycles. The maximum absolute atomic E-state index is 11.7. The highest BCUT2D eigenvalue weighted by Gasteiger charge is 2.39. The first-order valence-electron chi connectivity index (χ1n) is 10.9. The molecule has 1 aliphatic heterocycles. The third-order valence-electron chi connectivity index (χ3n) is 6.89. The number of nitrogens with zero attached hydrogens (tertiary/aromatic N) is 4. The lowest BCUT2D eigenvalue weighted by Gasteiger charge is -2.35. The van der Waals surface area contributed by atoms with E-state index in [0.29, 0.717) is 18.5 Å². The molecule has 0 spiro atoms. The summed E-state index contributed by atoms with van der Waals surface area (Å²) in [6.45, 7) is 7.98. The Hall–Kier alpha value is -2.25. The number of hydrogen-bond acceptors (Lipinski definition) is 6. The number of nitrogens with one attached hydrogen (secondary N) is 1. The van der Waals surface area contributed by atoms with Gasteiger partial charge < -0.3 is 26.0 Å². The Bertz CT molecular complexity index is 764. The number of aromatic nitrogens is 2. The van der Waals surface area contributed by atoms with Crippen LogP contribution in [0.25, 0.3) is 0 Å². The zero-order valence-electron chi connectivity index (χ0n) is 17.8. The second-order valence-corrected chi connectivity index (χ2v) is 10.1. The molecular weight excluding hydrogens is 368 g/mol. The number of amides is 1. The molecule has 4 N–H and O–H groups in total. The highest BCUT2D eigenvalue weighted by atomic mass is 16.4. The fourth-order valence-electron chi connectivity index (χ4n) is 5.39. The van der Waals surface area contributed by atoms with Crippen LogP contribution in [0.15, 0.2) is 6.07 Å². The van der Waals surface area contributed by atoms with Gasteiger partial charge in [-0.3, -0.25) is 0 Å². The molecule has 0 radical (unpaired) electrons. The van der Waals surface area contributed by atoms with Gasteiger partial charge in [-0.1, -0.05) is 6.42 Å². The summed E-state index contributed by atoms with van der Waals surface area (Å²) in [6.07, 6.45) is 5.34. The van der Waals surface area contributed by atoms with Gasteiger partial charge in [-0.05, 0) is 64.2 Å². The maximum Gasteiger partial charge on any atom is 0.407 e. The van der Waals surface area contributed by atoms with Crippen LogP contribution in [0.2, 0.25) is 0 Å². The molecule has 2 heterocycles. The number of nitrogen functional groups attached to an aromatic ring is 1. The molecule has 8 nitrogen and oxygen atoms in total. The van der Waals surface area contributed by atoms with Gasteiger partial charge in [-0.2, -0.15) is 9.97 Å². The van der Waals surface area contributed by atoms with Crippen molar-refractivity contribution in [3.05, 3.63) is 6.07 Å². The van der Waals surface area contributed by atoms with Gasteiger partial charge in [0.15, 0.2) is 0 Å². The van der Waals surface area contributed by atoms with Crippen LogP contribution in [0, 0.1) is 17.8 Å². The molecule has 1 saturated heterocycles. The van der Waals surface area contributed by atoms with Crippen molar-refractivity contribution in [1.82, 2.24) is 14.9 Å². The number of carboxylic acid groups (broad SMARTS) is 1. The minimum absolute atomic E-state index is 0.281. The second kappa shape index (κ2) is 7.54. The summed E-state index contributed by atoms with van der Waals surface area (Å²) in [5.74, 6) is 3.85. The average Bonchev–Trinajstić information content (AvgIpc) is 3.34. The molecule has 8 heteroatoms. The Kier molecular flexibility index (Phi) is 5.21. The van der Waals surface area contributed by atoms with E-state index < -0.39 is 11.6 Å². The van der Waals surface area contributed by atoms with E-state index in [1.165, 1.54) is 30.6 Å². The Morgan fingerprint density at radius 3 is 2.72 bits per heavy atom. The number of carbonyl (C=O) groups is 1. The quantitative estimate of drug-likeness (QED) is 0.694. The Labute approximate surface area is 172 Å². The second-order valence-electron chi connectivity index (χ2n) is 10.1. The molecule has 1 unspecified atom stereocenters.